The molecule has 1 aromatic carbocycles. The Hall–Kier alpha value is -1.87. The van der Waals surface area contributed by atoms with Crippen LogP contribution in [0.1, 0.15) is 59.8 Å². The Morgan fingerprint density at radius 3 is 2.07 bits per heavy atom. The fraction of sp³-hybridized carbons (Fsp3) is 0.545. The number of hydrogen-bond acceptors (Lipinski definition) is 5. The van der Waals surface area contributed by atoms with Crippen LogP contribution in [0.3, 0.4) is 0 Å². The summed E-state index contributed by atoms with van der Waals surface area (Å²) >= 11 is 0. The zero-order valence-electron chi connectivity index (χ0n) is 15.7. The average Bonchev–Trinajstić information content (AvgIpc) is 2.57. The Labute approximate surface area is 171 Å². The first-order chi connectivity index (χ1) is 12.5. The molecular formula is C22H37N4OP. The first kappa shape index (κ1) is 24.2. The summed E-state index contributed by atoms with van der Waals surface area (Å²) in [5.41, 5.74) is 0.929. The lowest BCUT2D eigenvalue weighted by molar-refractivity contribution is 0.470. The second-order valence-electron chi connectivity index (χ2n) is 7.50. The minimum absolute atomic E-state index is 0. The van der Waals surface area contributed by atoms with Crippen molar-refractivity contribution in [3.63, 3.8) is 0 Å². The van der Waals surface area contributed by atoms with Gasteiger partial charge in [-0.1, -0.05) is 47.0 Å². The Kier molecular flexibility index (Phi) is 9.68. The van der Waals surface area contributed by atoms with E-state index in [1.807, 2.05) is 30.3 Å². The van der Waals surface area contributed by atoms with Crippen molar-refractivity contribution in [2.75, 3.05) is 24.0 Å². The molecule has 2 aromatic rings. The molecule has 28 heavy (non-hydrogen) atoms. The van der Waals surface area contributed by atoms with Crippen molar-refractivity contribution in [2.24, 2.45) is 0 Å². The number of nitrogens with one attached hydrogen (secondary N) is 2. The quantitative estimate of drug-likeness (QED) is 0.575. The number of hydrogen-bond donors (Lipinski definition) is 2. The second-order valence-corrected chi connectivity index (χ2v) is 10.7. The van der Waals surface area contributed by atoms with Gasteiger partial charge in [0.05, 0.1) is 0 Å². The second kappa shape index (κ2) is 11.2. The third kappa shape index (κ3) is 7.27. The molecule has 3 rings (SSSR count). The minimum atomic E-state index is -2.22. The number of benzene rings is 1. The van der Waals surface area contributed by atoms with E-state index in [9.17, 15) is 4.57 Å². The van der Waals surface area contributed by atoms with Gasteiger partial charge >= 0.3 is 0 Å². The standard InChI is InChI=1S/C20H29N4OP.2CH4/c1-26(2,25)18-12-10-17(11-13-18)24-20-14-19(21-15-22-20)23-16-8-6-4-3-5-7-9-16;;/h10-16H,3-9H2,1-2H3,(H2,21,22,23,24);2*1H4. The van der Waals surface area contributed by atoms with Gasteiger partial charge in [-0.15, -0.1) is 0 Å². The molecule has 1 aromatic heterocycles. The van der Waals surface area contributed by atoms with Crippen LogP contribution in [-0.4, -0.2) is 29.3 Å². The Bertz CT molecular complexity index is 749. The first-order valence-corrected chi connectivity index (χ1v) is 12.1. The normalized spacial score (nSPS) is 15.4. The summed E-state index contributed by atoms with van der Waals surface area (Å²) in [5, 5.41) is 7.76. The van der Waals surface area contributed by atoms with Gasteiger partial charge in [0, 0.05) is 23.1 Å². The highest BCUT2D eigenvalue weighted by Gasteiger charge is 2.13. The van der Waals surface area contributed by atoms with Gasteiger partial charge in [-0.05, 0) is 50.4 Å². The number of anilines is 3. The van der Waals surface area contributed by atoms with Crippen LogP contribution in [-0.2, 0) is 4.57 Å². The van der Waals surface area contributed by atoms with Crippen molar-refractivity contribution in [1.82, 2.24) is 9.97 Å². The molecular weight excluding hydrogens is 367 g/mol. The molecule has 1 aliphatic rings. The molecule has 1 fully saturated rings. The molecule has 0 saturated heterocycles. The predicted molar refractivity (Wildman–Crippen MR) is 124 cm³/mol. The van der Waals surface area contributed by atoms with Crippen LogP contribution in [0.5, 0.6) is 0 Å². The SMILES string of the molecule is C.C.CP(C)(=O)c1ccc(Nc2cc(NC3CCCCCCC3)ncn2)cc1. The van der Waals surface area contributed by atoms with Crippen LogP contribution in [0.2, 0.25) is 0 Å². The van der Waals surface area contributed by atoms with Crippen molar-refractivity contribution in [1.29, 1.82) is 0 Å². The van der Waals surface area contributed by atoms with Crippen molar-refractivity contribution in [3.05, 3.63) is 36.7 Å². The van der Waals surface area contributed by atoms with E-state index >= 15 is 0 Å². The summed E-state index contributed by atoms with van der Waals surface area (Å²) in [6, 6.07) is 10.2. The van der Waals surface area contributed by atoms with Gasteiger partial charge in [-0.25, -0.2) is 9.97 Å². The highest BCUT2D eigenvalue weighted by molar-refractivity contribution is 7.70. The van der Waals surface area contributed by atoms with Gasteiger partial charge in [-0.3, -0.25) is 0 Å². The molecule has 0 unspecified atom stereocenters. The van der Waals surface area contributed by atoms with Crippen LogP contribution < -0.4 is 15.9 Å². The van der Waals surface area contributed by atoms with Crippen LogP contribution in [0.4, 0.5) is 17.3 Å². The fourth-order valence-electron chi connectivity index (χ4n) is 3.37. The summed E-state index contributed by atoms with van der Waals surface area (Å²) in [6.07, 6.45) is 10.6. The Morgan fingerprint density at radius 2 is 1.46 bits per heavy atom. The smallest absolute Gasteiger partial charge is 0.135 e. The molecule has 1 heterocycles. The third-order valence-corrected chi connectivity index (χ3v) is 6.43. The van der Waals surface area contributed by atoms with E-state index in [1.54, 1.807) is 19.7 Å². The third-order valence-electron chi connectivity index (χ3n) is 4.89. The topological polar surface area (TPSA) is 66.9 Å². The minimum Gasteiger partial charge on any atom is -0.367 e. The molecule has 0 amide bonds. The van der Waals surface area contributed by atoms with E-state index in [4.69, 9.17) is 0 Å². The van der Waals surface area contributed by atoms with Gasteiger partial charge in [0.2, 0.25) is 0 Å². The summed E-state index contributed by atoms with van der Waals surface area (Å²) in [6.45, 7) is 3.57. The van der Waals surface area contributed by atoms with Crippen molar-refractivity contribution >= 4 is 29.8 Å². The molecule has 0 bridgehead atoms. The summed E-state index contributed by atoms with van der Waals surface area (Å²) in [4.78, 5) is 8.69. The molecule has 156 valence electrons. The first-order valence-electron chi connectivity index (χ1n) is 9.52. The van der Waals surface area contributed by atoms with E-state index < -0.39 is 7.14 Å². The molecule has 6 heteroatoms. The van der Waals surface area contributed by atoms with Crippen LogP contribution in [0, 0.1) is 0 Å². The number of aromatic nitrogens is 2. The highest BCUT2D eigenvalue weighted by atomic mass is 31.2. The van der Waals surface area contributed by atoms with Gasteiger partial charge < -0.3 is 15.2 Å². The molecule has 5 nitrogen and oxygen atoms in total. The van der Waals surface area contributed by atoms with E-state index in [-0.39, 0.29) is 14.9 Å². The summed E-state index contributed by atoms with van der Waals surface area (Å²) in [7, 11) is -2.22. The van der Waals surface area contributed by atoms with Gasteiger partial charge in [0.25, 0.3) is 0 Å². The van der Waals surface area contributed by atoms with E-state index in [2.05, 4.69) is 20.6 Å². The predicted octanol–water partition coefficient (Wildman–Crippen LogP) is 6.27. The monoisotopic (exact) mass is 404 g/mol. The van der Waals surface area contributed by atoms with Crippen molar-refractivity contribution < 1.29 is 4.57 Å². The van der Waals surface area contributed by atoms with Gasteiger partial charge in [0.1, 0.15) is 25.1 Å². The number of nitrogens with zero attached hydrogens (tertiary/aromatic N) is 2. The van der Waals surface area contributed by atoms with Crippen LogP contribution in [0.25, 0.3) is 0 Å². The maximum absolute atomic E-state index is 12.1. The molecule has 1 saturated carbocycles. The van der Waals surface area contributed by atoms with Crippen LogP contribution >= 0.6 is 7.14 Å². The van der Waals surface area contributed by atoms with E-state index in [0.717, 1.165) is 22.6 Å². The molecule has 2 N–H and O–H groups in total. The van der Waals surface area contributed by atoms with Gasteiger partial charge in [0.15, 0.2) is 0 Å². The molecule has 0 spiro atoms. The Balaban J connectivity index is 0.00000196. The summed E-state index contributed by atoms with van der Waals surface area (Å²) in [5.74, 6) is 1.63. The molecule has 0 radical (unpaired) electrons. The maximum Gasteiger partial charge on any atom is 0.135 e. The highest BCUT2D eigenvalue weighted by Crippen LogP contribution is 2.34. The molecule has 0 aliphatic heterocycles. The lowest BCUT2D eigenvalue weighted by atomic mass is 9.97. The van der Waals surface area contributed by atoms with Crippen molar-refractivity contribution in [3.8, 4) is 0 Å². The lowest BCUT2D eigenvalue weighted by Gasteiger charge is -2.21. The zero-order chi connectivity index (χ0) is 18.4. The number of rotatable bonds is 5. The van der Waals surface area contributed by atoms with Crippen molar-refractivity contribution in [2.45, 2.75) is 65.8 Å². The molecule has 0 atom stereocenters. The Morgan fingerprint density at radius 1 is 0.893 bits per heavy atom. The van der Waals surface area contributed by atoms with E-state index in [0.29, 0.717) is 6.04 Å². The van der Waals surface area contributed by atoms with Crippen LogP contribution in [0.15, 0.2) is 36.7 Å². The fourth-order valence-corrected chi connectivity index (χ4v) is 4.23. The van der Waals surface area contributed by atoms with E-state index in [1.165, 1.54) is 44.9 Å². The summed E-state index contributed by atoms with van der Waals surface area (Å²) < 4.78 is 12.1. The largest absolute Gasteiger partial charge is 0.367 e. The van der Waals surface area contributed by atoms with Gasteiger partial charge in [-0.2, -0.15) is 0 Å². The maximum atomic E-state index is 12.1. The molecule has 1 aliphatic carbocycles. The lowest BCUT2D eigenvalue weighted by Crippen LogP contribution is -2.21. The average molecular weight is 405 g/mol. The zero-order valence-corrected chi connectivity index (χ0v) is 16.6.